The number of rotatable bonds is 3. The molecule has 3 rings (SSSR count). The summed E-state index contributed by atoms with van der Waals surface area (Å²) in [5.74, 6) is 0. The van der Waals surface area contributed by atoms with Crippen LogP contribution in [0, 0.1) is 6.92 Å². The van der Waals surface area contributed by atoms with E-state index in [0.717, 1.165) is 32.4 Å². The van der Waals surface area contributed by atoms with Crippen LogP contribution < -0.4 is 0 Å². The monoisotopic (exact) mass is 533 g/mol. The van der Waals surface area contributed by atoms with E-state index in [1.807, 2.05) is 19.9 Å². The summed E-state index contributed by atoms with van der Waals surface area (Å²) in [7, 11) is -3.67. The van der Waals surface area contributed by atoms with Gasteiger partial charge in [-0.25, -0.2) is 8.42 Å². The molecule has 0 atom stereocenters. The van der Waals surface area contributed by atoms with Crippen LogP contribution in [0.2, 0.25) is 0 Å². The van der Waals surface area contributed by atoms with Gasteiger partial charge in [0.05, 0.1) is 10.5 Å². The molecule has 29 heavy (non-hydrogen) atoms. The van der Waals surface area contributed by atoms with Crippen molar-refractivity contribution in [3.63, 3.8) is 0 Å². The van der Waals surface area contributed by atoms with Crippen molar-refractivity contribution in [2.24, 2.45) is 0 Å². The Bertz CT molecular complexity index is 1070. The molecule has 0 aromatic heterocycles. The van der Waals surface area contributed by atoms with Gasteiger partial charge in [-0.15, -0.1) is 0 Å². The van der Waals surface area contributed by atoms with Gasteiger partial charge in [0.1, 0.15) is 0 Å². The first kappa shape index (κ1) is 22.0. The molecular weight excluding hydrogens is 514 g/mol. The van der Waals surface area contributed by atoms with Crippen LogP contribution in [0.3, 0.4) is 0 Å². The van der Waals surface area contributed by atoms with Crippen LogP contribution in [0.25, 0.3) is 3.58 Å². The molecule has 1 aliphatic heterocycles. The minimum absolute atomic E-state index is 0.165. The highest BCUT2D eigenvalue weighted by atomic mass is 127. The molecule has 2 aromatic rings. The summed E-state index contributed by atoms with van der Waals surface area (Å²) in [5, 5.41) is 0. The van der Waals surface area contributed by atoms with Crippen LogP contribution in [-0.2, 0) is 16.2 Å². The maximum Gasteiger partial charge on any atom is 0.416 e. The number of sulfonamides is 1. The molecule has 0 amide bonds. The van der Waals surface area contributed by atoms with Gasteiger partial charge < -0.3 is 0 Å². The smallest absolute Gasteiger partial charge is 0.207 e. The van der Waals surface area contributed by atoms with Gasteiger partial charge >= 0.3 is 6.18 Å². The summed E-state index contributed by atoms with van der Waals surface area (Å²) in [4.78, 5) is 0.222. The fraction of sp³-hybridized carbons (Fsp3) is 0.238. The Kier molecular flexibility index (Phi) is 6.26. The highest BCUT2D eigenvalue weighted by molar-refractivity contribution is 14.1. The lowest BCUT2D eigenvalue weighted by molar-refractivity contribution is -0.137. The van der Waals surface area contributed by atoms with Crippen molar-refractivity contribution < 1.29 is 21.6 Å². The SMILES string of the molecule is CC1=CCN(S(=O)(=O)c2ccc(C)cc2)C/C1=C(\I)c1ccc(C(F)(F)F)cc1. The minimum atomic E-state index is -4.39. The lowest BCUT2D eigenvalue weighted by atomic mass is 10.0. The van der Waals surface area contributed by atoms with E-state index in [9.17, 15) is 21.6 Å². The van der Waals surface area contributed by atoms with E-state index in [1.54, 1.807) is 24.3 Å². The molecule has 1 heterocycles. The molecule has 0 fully saturated rings. The van der Waals surface area contributed by atoms with Crippen molar-refractivity contribution in [3.8, 4) is 0 Å². The maximum atomic E-state index is 13.0. The van der Waals surface area contributed by atoms with E-state index < -0.39 is 21.8 Å². The summed E-state index contributed by atoms with van der Waals surface area (Å²) in [5.41, 5.74) is 2.58. The second-order valence-electron chi connectivity index (χ2n) is 6.87. The molecule has 0 N–H and O–H groups in total. The van der Waals surface area contributed by atoms with Crippen LogP contribution in [-0.4, -0.2) is 25.8 Å². The van der Waals surface area contributed by atoms with Crippen LogP contribution in [0.15, 0.2) is 70.6 Å². The normalized spacial score (nSPS) is 17.8. The zero-order valence-corrected chi connectivity index (χ0v) is 18.8. The Labute approximate surface area is 182 Å². The Morgan fingerprint density at radius 2 is 1.59 bits per heavy atom. The lowest BCUT2D eigenvalue weighted by Gasteiger charge is -2.28. The van der Waals surface area contributed by atoms with Gasteiger partial charge in [-0.3, -0.25) is 0 Å². The average Bonchev–Trinajstić information content (AvgIpc) is 2.67. The minimum Gasteiger partial charge on any atom is -0.207 e. The van der Waals surface area contributed by atoms with Gasteiger partial charge in [-0.2, -0.15) is 17.5 Å². The van der Waals surface area contributed by atoms with Crippen molar-refractivity contribution in [2.45, 2.75) is 24.9 Å². The number of benzene rings is 2. The van der Waals surface area contributed by atoms with Gasteiger partial charge in [-0.05, 0) is 77.4 Å². The van der Waals surface area contributed by atoms with Crippen LogP contribution in [0.1, 0.15) is 23.6 Å². The van der Waals surface area contributed by atoms with Crippen LogP contribution in [0.4, 0.5) is 13.2 Å². The highest BCUT2D eigenvalue weighted by Gasteiger charge is 2.31. The van der Waals surface area contributed by atoms with Gasteiger partial charge in [0, 0.05) is 16.7 Å². The predicted octanol–water partition coefficient (Wildman–Crippen LogP) is 5.81. The molecule has 2 aromatic carbocycles. The number of halogens is 4. The largest absolute Gasteiger partial charge is 0.416 e. The van der Waals surface area contributed by atoms with Crippen molar-refractivity contribution in [2.75, 3.05) is 13.1 Å². The number of hydrogen-bond donors (Lipinski definition) is 0. The molecular formula is C21H19F3INO2S. The number of alkyl halides is 3. The summed E-state index contributed by atoms with van der Waals surface area (Å²) < 4.78 is 66.6. The summed E-state index contributed by atoms with van der Waals surface area (Å²) in [6.07, 6.45) is -2.57. The summed E-state index contributed by atoms with van der Waals surface area (Å²) >= 11 is 2.07. The van der Waals surface area contributed by atoms with E-state index in [2.05, 4.69) is 22.6 Å². The second-order valence-corrected chi connectivity index (χ2v) is 9.88. The maximum absolute atomic E-state index is 13.0. The molecule has 8 heteroatoms. The molecule has 0 saturated heterocycles. The first-order valence-corrected chi connectivity index (χ1v) is 11.3. The second kappa shape index (κ2) is 8.23. The van der Waals surface area contributed by atoms with Crippen LogP contribution >= 0.6 is 22.6 Å². The quantitative estimate of drug-likeness (QED) is 0.467. The van der Waals surface area contributed by atoms with E-state index in [1.165, 1.54) is 16.4 Å². The van der Waals surface area contributed by atoms with Crippen molar-refractivity contribution in [1.82, 2.24) is 4.31 Å². The summed E-state index contributed by atoms with van der Waals surface area (Å²) in [6, 6.07) is 11.6. The average molecular weight is 533 g/mol. The third-order valence-corrected chi connectivity index (χ3v) is 7.90. The van der Waals surface area contributed by atoms with Gasteiger partial charge in [0.25, 0.3) is 0 Å². The molecule has 0 aliphatic carbocycles. The lowest BCUT2D eigenvalue weighted by Crippen LogP contribution is -2.36. The Balaban J connectivity index is 1.94. The summed E-state index contributed by atoms with van der Waals surface area (Å²) in [6.45, 7) is 4.19. The number of hydrogen-bond acceptors (Lipinski definition) is 2. The van der Waals surface area contributed by atoms with Crippen molar-refractivity contribution >= 4 is 36.2 Å². The predicted molar refractivity (Wildman–Crippen MR) is 116 cm³/mol. The van der Waals surface area contributed by atoms with E-state index >= 15 is 0 Å². The molecule has 0 unspecified atom stereocenters. The molecule has 0 radical (unpaired) electrons. The fourth-order valence-corrected chi connectivity index (χ4v) is 5.30. The first-order chi connectivity index (χ1) is 13.5. The number of aryl methyl sites for hydroxylation is 1. The topological polar surface area (TPSA) is 37.4 Å². The molecule has 0 saturated carbocycles. The van der Waals surface area contributed by atoms with Gasteiger partial charge in [0.2, 0.25) is 10.0 Å². The van der Waals surface area contributed by atoms with Crippen molar-refractivity contribution in [3.05, 3.63) is 82.4 Å². The van der Waals surface area contributed by atoms with Gasteiger partial charge in [0.15, 0.2) is 0 Å². The zero-order chi connectivity index (χ0) is 21.4. The Morgan fingerprint density at radius 3 is 2.14 bits per heavy atom. The molecule has 154 valence electrons. The molecule has 0 spiro atoms. The van der Waals surface area contributed by atoms with E-state index in [-0.39, 0.29) is 18.0 Å². The highest BCUT2D eigenvalue weighted by Crippen LogP contribution is 2.35. The molecule has 0 bridgehead atoms. The standard InChI is InChI=1S/C21H19F3INO2S/c1-14-3-9-18(10-4-14)29(27,28)26-12-11-15(2)19(13-26)20(25)16-5-7-17(8-6-16)21(22,23)24/h3-11H,12-13H2,1-2H3/b20-19+. The van der Waals surface area contributed by atoms with Gasteiger partial charge in [-0.1, -0.05) is 35.9 Å². The first-order valence-electron chi connectivity index (χ1n) is 8.80. The zero-order valence-electron chi connectivity index (χ0n) is 15.8. The fourth-order valence-electron chi connectivity index (χ4n) is 2.99. The molecule has 1 aliphatic rings. The molecule has 3 nitrogen and oxygen atoms in total. The van der Waals surface area contributed by atoms with Crippen molar-refractivity contribution in [1.29, 1.82) is 0 Å². The van der Waals surface area contributed by atoms with E-state index in [4.69, 9.17) is 0 Å². The third-order valence-electron chi connectivity index (χ3n) is 4.80. The Hall–Kier alpha value is -1.65. The number of nitrogens with zero attached hydrogens (tertiary/aromatic N) is 1. The Morgan fingerprint density at radius 1 is 1.00 bits per heavy atom. The third kappa shape index (κ3) is 4.75. The van der Waals surface area contributed by atoms with Crippen LogP contribution in [0.5, 0.6) is 0 Å². The van der Waals surface area contributed by atoms with E-state index in [0.29, 0.717) is 5.56 Å².